The number of hydrogen-bond donors (Lipinski definition) is 0. The van der Waals surface area contributed by atoms with Crippen molar-refractivity contribution in [3.05, 3.63) is 20.9 Å². The summed E-state index contributed by atoms with van der Waals surface area (Å²) in [6, 6.07) is 0. The molecule has 0 aliphatic carbocycles. The standard InChI is InChI=1S/C6H7ClO2S/c1-4-3-6(7)5(2)10(4,8)9/h3H,1-2H3. The van der Waals surface area contributed by atoms with Crippen LogP contribution in [0.5, 0.6) is 0 Å². The lowest BCUT2D eigenvalue weighted by Crippen LogP contribution is -1.97. The van der Waals surface area contributed by atoms with Crippen molar-refractivity contribution in [2.45, 2.75) is 13.8 Å². The topological polar surface area (TPSA) is 34.1 Å². The zero-order valence-corrected chi connectivity index (χ0v) is 7.25. The van der Waals surface area contributed by atoms with Gasteiger partial charge in [-0.2, -0.15) is 0 Å². The Morgan fingerprint density at radius 2 is 1.90 bits per heavy atom. The lowest BCUT2D eigenvalue weighted by Gasteiger charge is -1.94. The molecule has 10 heavy (non-hydrogen) atoms. The Morgan fingerprint density at radius 3 is 2.00 bits per heavy atom. The molecule has 1 aliphatic heterocycles. The van der Waals surface area contributed by atoms with Crippen LogP contribution in [0.15, 0.2) is 20.9 Å². The van der Waals surface area contributed by atoms with Crippen LogP contribution in [0.3, 0.4) is 0 Å². The van der Waals surface area contributed by atoms with Crippen LogP contribution in [0, 0.1) is 0 Å². The normalized spacial score (nSPS) is 23.3. The molecule has 0 aromatic rings. The molecular weight excluding hydrogens is 172 g/mol. The van der Waals surface area contributed by atoms with Crippen molar-refractivity contribution in [1.29, 1.82) is 0 Å². The van der Waals surface area contributed by atoms with E-state index in [0.29, 0.717) is 9.94 Å². The number of rotatable bonds is 0. The lowest BCUT2D eigenvalue weighted by atomic mass is 10.4. The van der Waals surface area contributed by atoms with Gasteiger partial charge in [-0.3, -0.25) is 0 Å². The molecule has 0 saturated carbocycles. The summed E-state index contributed by atoms with van der Waals surface area (Å²) in [5.74, 6) is 0. The highest BCUT2D eigenvalue weighted by Gasteiger charge is 2.24. The van der Waals surface area contributed by atoms with Crippen LogP contribution < -0.4 is 0 Å². The zero-order valence-electron chi connectivity index (χ0n) is 5.68. The lowest BCUT2D eigenvalue weighted by molar-refractivity contribution is 0.608. The highest BCUT2D eigenvalue weighted by Crippen LogP contribution is 2.30. The van der Waals surface area contributed by atoms with Crippen LogP contribution in [0.2, 0.25) is 0 Å². The summed E-state index contributed by atoms with van der Waals surface area (Å²) in [7, 11) is -3.14. The smallest absolute Gasteiger partial charge is 0.199 e. The first-order valence-electron chi connectivity index (χ1n) is 2.76. The van der Waals surface area contributed by atoms with Gasteiger partial charge >= 0.3 is 0 Å². The minimum Gasteiger partial charge on any atom is -0.219 e. The first-order chi connectivity index (χ1) is 4.46. The third-order valence-electron chi connectivity index (χ3n) is 1.49. The summed E-state index contributed by atoms with van der Waals surface area (Å²) in [6.07, 6.45) is 1.46. The number of hydrogen-bond acceptors (Lipinski definition) is 2. The first kappa shape index (κ1) is 7.82. The molecule has 0 saturated heterocycles. The molecule has 0 amide bonds. The molecule has 1 rings (SSSR count). The predicted octanol–water partition coefficient (Wildman–Crippen LogP) is 1.79. The fourth-order valence-electron chi connectivity index (χ4n) is 0.728. The molecule has 0 aromatic carbocycles. The van der Waals surface area contributed by atoms with Crippen molar-refractivity contribution in [3.63, 3.8) is 0 Å². The van der Waals surface area contributed by atoms with E-state index in [1.807, 2.05) is 0 Å². The van der Waals surface area contributed by atoms with Crippen molar-refractivity contribution in [2.24, 2.45) is 0 Å². The quantitative estimate of drug-likeness (QED) is 0.567. The van der Waals surface area contributed by atoms with Crippen molar-refractivity contribution in [3.8, 4) is 0 Å². The third-order valence-corrected chi connectivity index (χ3v) is 3.99. The average Bonchev–Trinajstić information content (AvgIpc) is 1.97. The highest BCUT2D eigenvalue weighted by molar-refractivity contribution is 7.99. The van der Waals surface area contributed by atoms with Gasteiger partial charge in [0.2, 0.25) is 0 Å². The van der Waals surface area contributed by atoms with Gasteiger partial charge in [-0.05, 0) is 19.9 Å². The molecule has 0 unspecified atom stereocenters. The van der Waals surface area contributed by atoms with Crippen molar-refractivity contribution in [1.82, 2.24) is 0 Å². The summed E-state index contributed by atoms with van der Waals surface area (Å²) in [5.41, 5.74) is 0. The molecule has 56 valence electrons. The summed E-state index contributed by atoms with van der Waals surface area (Å²) in [4.78, 5) is 0.585. The van der Waals surface area contributed by atoms with Crippen molar-refractivity contribution >= 4 is 21.4 Å². The van der Waals surface area contributed by atoms with Gasteiger partial charge < -0.3 is 0 Å². The maximum absolute atomic E-state index is 11.1. The Balaban J connectivity index is 3.39. The second-order valence-electron chi connectivity index (χ2n) is 2.16. The molecule has 0 atom stereocenters. The molecule has 0 bridgehead atoms. The summed E-state index contributed by atoms with van der Waals surface area (Å²) < 4.78 is 22.2. The van der Waals surface area contributed by atoms with E-state index in [4.69, 9.17) is 11.6 Å². The van der Waals surface area contributed by atoms with Gasteiger partial charge in [0.15, 0.2) is 9.84 Å². The first-order valence-corrected chi connectivity index (χ1v) is 4.62. The molecule has 1 aliphatic rings. The predicted molar refractivity (Wildman–Crippen MR) is 41.2 cm³/mol. The Hall–Kier alpha value is -0.280. The second kappa shape index (κ2) is 2.10. The van der Waals surface area contributed by atoms with Crippen LogP contribution in [-0.2, 0) is 9.84 Å². The molecule has 0 radical (unpaired) electrons. The Morgan fingerprint density at radius 1 is 1.40 bits per heavy atom. The van der Waals surface area contributed by atoms with E-state index in [2.05, 4.69) is 0 Å². The van der Waals surface area contributed by atoms with Crippen LogP contribution in [0.25, 0.3) is 0 Å². The minimum atomic E-state index is -3.14. The van der Waals surface area contributed by atoms with Gasteiger partial charge in [0, 0.05) is 4.91 Å². The average molecular weight is 179 g/mol. The molecule has 0 spiro atoms. The van der Waals surface area contributed by atoms with Crippen LogP contribution in [0.4, 0.5) is 0 Å². The SMILES string of the molecule is CC1=CC(Cl)=C(C)S1(=O)=O. The van der Waals surface area contributed by atoms with Gasteiger partial charge in [0.25, 0.3) is 0 Å². The van der Waals surface area contributed by atoms with E-state index in [9.17, 15) is 8.42 Å². The fraction of sp³-hybridized carbons (Fsp3) is 0.333. The molecule has 0 N–H and O–H groups in total. The Labute approximate surface area is 65.1 Å². The maximum atomic E-state index is 11.1. The van der Waals surface area contributed by atoms with E-state index < -0.39 is 9.84 Å². The summed E-state index contributed by atoms with van der Waals surface area (Å²) in [5, 5.41) is 0.331. The van der Waals surface area contributed by atoms with Gasteiger partial charge in [0.1, 0.15) is 0 Å². The summed E-state index contributed by atoms with van der Waals surface area (Å²) in [6.45, 7) is 3.04. The minimum absolute atomic E-state index is 0.256. The highest BCUT2D eigenvalue weighted by atomic mass is 35.5. The Kier molecular flexibility index (Phi) is 1.65. The molecular formula is C6H7ClO2S. The van der Waals surface area contributed by atoms with Crippen LogP contribution in [-0.4, -0.2) is 8.42 Å². The van der Waals surface area contributed by atoms with E-state index >= 15 is 0 Å². The monoisotopic (exact) mass is 178 g/mol. The van der Waals surface area contributed by atoms with Crippen molar-refractivity contribution < 1.29 is 8.42 Å². The van der Waals surface area contributed by atoms with E-state index in [0.717, 1.165) is 0 Å². The zero-order chi connectivity index (χ0) is 7.94. The van der Waals surface area contributed by atoms with Gasteiger partial charge in [-0.25, -0.2) is 8.42 Å². The second-order valence-corrected chi connectivity index (χ2v) is 4.83. The molecule has 0 fully saturated rings. The van der Waals surface area contributed by atoms with Crippen LogP contribution >= 0.6 is 11.6 Å². The molecule has 0 aromatic heterocycles. The summed E-state index contributed by atoms with van der Waals surface area (Å²) >= 11 is 5.57. The number of sulfone groups is 1. The fourth-order valence-corrected chi connectivity index (χ4v) is 2.33. The number of halogens is 1. The third kappa shape index (κ3) is 0.896. The Bertz CT molecular complexity index is 322. The number of allylic oxidation sites excluding steroid dienone is 4. The van der Waals surface area contributed by atoms with Gasteiger partial charge in [-0.1, -0.05) is 11.6 Å². The van der Waals surface area contributed by atoms with Crippen LogP contribution in [0.1, 0.15) is 13.8 Å². The van der Waals surface area contributed by atoms with E-state index in [1.54, 1.807) is 0 Å². The van der Waals surface area contributed by atoms with E-state index in [1.165, 1.54) is 19.9 Å². The largest absolute Gasteiger partial charge is 0.219 e. The molecule has 1 heterocycles. The maximum Gasteiger partial charge on any atom is 0.199 e. The van der Waals surface area contributed by atoms with Crippen molar-refractivity contribution in [2.75, 3.05) is 0 Å². The molecule has 4 heteroatoms. The van der Waals surface area contributed by atoms with Gasteiger partial charge in [0.05, 0.1) is 9.94 Å². The molecule has 2 nitrogen and oxygen atoms in total. The van der Waals surface area contributed by atoms with E-state index in [-0.39, 0.29) is 4.91 Å². The van der Waals surface area contributed by atoms with Gasteiger partial charge in [-0.15, -0.1) is 0 Å².